The fraction of sp³-hybridized carbons (Fsp3) is 0.522. The van der Waals surface area contributed by atoms with Crippen LogP contribution in [0, 0.1) is 17.6 Å². The minimum atomic E-state index is -0.846. The highest BCUT2D eigenvalue weighted by Gasteiger charge is 2.32. The van der Waals surface area contributed by atoms with Gasteiger partial charge in [0.1, 0.15) is 40.5 Å². The lowest BCUT2D eigenvalue weighted by atomic mass is 9.87. The van der Waals surface area contributed by atoms with Gasteiger partial charge in [0.05, 0.1) is 5.92 Å². The average Bonchev–Trinajstić information content (AvgIpc) is 2.72. The number of hydrogen-bond donors (Lipinski definition) is 1. The predicted molar refractivity (Wildman–Crippen MR) is 111 cm³/mol. The number of nitrogens with one attached hydrogen (secondary N) is 1. The minimum Gasteiger partial charge on any atom is -0.460 e. The maximum absolute atomic E-state index is 14.9. The Morgan fingerprint density at radius 3 is 2.23 bits per heavy atom. The van der Waals surface area contributed by atoms with Crippen molar-refractivity contribution in [3.63, 3.8) is 0 Å². The lowest BCUT2D eigenvalue weighted by molar-refractivity contribution is -0.160. The lowest BCUT2D eigenvalue weighted by Crippen LogP contribution is -2.39. The first-order valence-corrected chi connectivity index (χ1v) is 10.4. The number of piperidine rings is 2. The summed E-state index contributed by atoms with van der Waals surface area (Å²) in [6.07, 6.45) is 1.51. The van der Waals surface area contributed by atoms with E-state index in [1.54, 1.807) is 11.9 Å². The number of halogens is 2. The third kappa shape index (κ3) is 5.22. The van der Waals surface area contributed by atoms with Gasteiger partial charge in [-0.15, -0.1) is 0 Å². The van der Waals surface area contributed by atoms with Gasteiger partial charge in [-0.25, -0.2) is 18.4 Å². The number of nitrogens with zero attached hydrogens (tertiary/aromatic N) is 1. The van der Waals surface area contributed by atoms with Crippen molar-refractivity contribution in [2.24, 2.45) is 5.92 Å². The van der Waals surface area contributed by atoms with Crippen LogP contribution in [-0.2, 0) is 19.1 Å². The van der Waals surface area contributed by atoms with Gasteiger partial charge in [-0.1, -0.05) is 0 Å². The maximum atomic E-state index is 14.9. The van der Waals surface area contributed by atoms with Gasteiger partial charge in [0, 0.05) is 30.3 Å². The van der Waals surface area contributed by atoms with Crippen molar-refractivity contribution in [3.05, 3.63) is 40.7 Å². The summed E-state index contributed by atoms with van der Waals surface area (Å²) in [5.41, 5.74) is -0.298. The maximum Gasteiger partial charge on any atom is 0.309 e. The number of carbonyl (C=O) groups excluding carboxylic acids is 3. The first-order chi connectivity index (χ1) is 14.6. The van der Waals surface area contributed by atoms with E-state index in [1.165, 1.54) is 12.1 Å². The Morgan fingerprint density at radius 1 is 1.10 bits per heavy atom. The zero-order valence-electron chi connectivity index (χ0n) is 17.9. The Bertz CT molecular complexity index is 941. The van der Waals surface area contributed by atoms with E-state index in [0.29, 0.717) is 31.6 Å². The number of anilines is 1. The second-order valence-corrected chi connectivity index (χ2v) is 8.93. The SMILES string of the molecule is CC(C)(C)OC(=O)C1CCN(c2cc(F)c(C3CCC(=C=O)NC3=C=O)c(F)c2)CC1. The Kier molecular flexibility index (Phi) is 6.63. The monoisotopic (exact) mass is 432 g/mol. The van der Waals surface area contributed by atoms with Crippen LogP contribution in [0.2, 0.25) is 0 Å². The second-order valence-electron chi connectivity index (χ2n) is 8.93. The van der Waals surface area contributed by atoms with Crippen LogP contribution in [0.4, 0.5) is 14.5 Å². The van der Waals surface area contributed by atoms with E-state index in [2.05, 4.69) is 5.32 Å². The van der Waals surface area contributed by atoms with Crippen LogP contribution in [-0.4, -0.2) is 36.5 Å². The van der Waals surface area contributed by atoms with Gasteiger partial charge in [0.25, 0.3) is 0 Å². The van der Waals surface area contributed by atoms with E-state index < -0.39 is 23.2 Å². The van der Waals surface area contributed by atoms with Crippen molar-refractivity contribution in [1.29, 1.82) is 0 Å². The number of rotatable bonds is 3. The van der Waals surface area contributed by atoms with E-state index in [9.17, 15) is 23.2 Å². The van der Waals surface area contributed by atoms with Gasteiger partial charge in [-0.3, -0.25) is 4.79 Å². The average molecular weight is 432 g/mol. The van der Waals surface area contributed by atoms with Crippen LogP contribution in [0.15, 0.2) is 23.5 Å². The standard InChI is InChI=1S/C23H26F2N2O4/c1-23(2,3)31-22(30)14-6-8-27(9-7-14)16-10-18(24)21(19(25)11-16)17-5-4-15(12-28)26-20(17)13-29/h10-11,14,17,26H,4-9H2,1-3H3. The molecule has 6 nitrogen and oxygen atoms in total. The highest BCUT2D eigenvalue weighted by atomic mass is 19.1. The first kappa shape index (κ1) is 22.7. The second kappa shape index (κ2) is 9.04. The number of ether oxygens (including phenoxy) is 1. The van der Waals surface area contributed by atoms with E-state index in [-0.39, 0.29) is 41.7 Å². The summed E-state index contributed by atoms with van der Waals surface area (Å²) in [5.74, 6) is 0.467. The quantitative estimate of drug-likeness (QED) is 0.583. The Balaban J connectivity index is 1.74. The van der Waals surface area contributed by atoms with Crippen molar-refractivity contribution in [2.75, 3.05) is 18.0 Å². The molecule has 2 saturated heterocycles. The smallest absolute Gasteiger partial charge is 0.309 e. The molecule has 1 N–H and O–H groups in total. The Morgan fingerprint density at radius 2 is 1.71 bits per heavy atom. The molecule has 8 heteroatoms. The van der Waals surface area contributed by atoms with Gasteiger partial charge in [-0.05, 0) is 58.6 Å². The molecule has 3 rings (SSSR count). The van der Waals surface area contributed by atoms with Gasteiger partial charge in [0.15, 0.2) is 0 Å². The summed E-state index contributed by atoms with van der Waals surface area (Å²) >= 11 is 0. The van der Waals surface area contributed by atoms with E-state index >= 15 is 0 Å². The molecule has 2 fully saturated rings. The van der Waals surface area contributed by atoms with Crippen LogP contribution in [0.1, 0.15) is 57.9 Å². The summed E-state index contributed by atoms with van der Waals surface area (Å²) in [6.45, 7) is 6.39. The summed E-state index contributed by atoms with van der Waals surface area (Å²) in [5, 5.41) is 2.56. The Labute approximate surface area is 179 Å². The zero-order valence-corrected chi connectivity index (χ0v) is 17.9. The van der Waals surface area contributed by atoms with Crippen molar-refractivity contribution < 1.29 is 27.9 Å². The molecule has 1 aromatic rings. The van der Waals surface area contributed by atoms with Crippen LogP contribution in [0.5, 0.6) is 0 Å². The molecule has 166 valence electrons. The molecule has 0 spiro atoms. The molecule has 2 aliphatic heterocycles. The largest absolute Gasteiger partial charge is 0.460 e. The van der Waals surface area contributed by atoms with Crippen LogP contribution >= 0.6 is 0 Å². The Hall–Kier alpha value is -2.95. The number of benzene rings is 1. The number of carbonyl (C=O) groups is 1. The molecule has 31 heavy (non-hydrogen) atoms. The van der Waals surface area contributed by atoms with E-state index in [0.717, 1.165) is 0 Å². The molecule has 1 atom stereocenters. The fourth-order valence-electron chi connectivity index (χ4n) is 4.05. The molecule has 1 aromatic carbocycles. The highest BCUT2D eigenvalue weighted by molar-refractivity contribution is 5.73. The summed E-state index contributed by atoms with van der Waals surface area (Å²) in [7, 11) is 0. The van der Waals surface area contributed by atoms with Gasteiger partial charge in [-0.2, -0.15) is 0 Å². The van der Waals surface area contributed by atoms with Gasteiger partial charge in [0.2, 0.25) is 0 Å². The van der Waals surface area contributed by atoms with Crippen molar-refractivity contribution >= 4 is 23.5 Å². The third-order valence-electron chi connectivity index (χ3n) is 5.56. The molecular formula is C23H26F2N2O4. The van der Waals surface area contributed by atoms with Crippen molar-refractivity contribution in [1.82, 2.24) is 5.32 Å². The summed E-state index contributed by atoms with van der Waals surface area (Å²) in [4.78, 5) is 36.2. The predicted octanol–water partition coefficient (Wildman–Crippen LogP) is 3.42. The van der Waals surface area contributed by atoms with E-state index in [4.69, 9.17) is 4.74 Å². The van der Waals surface area contributed by atoms with Crippen LogP contribution in [0.3, 0.4) is 0 Å². The topological polar surface area (TPSA) is 75.7 Å². The van der Waals surface area contributed by atoms with Crippen LogP contribution in [0.25, 0.3) is 0 Å². The van der Waals surface area contributed by atoms with E-state index in [1.807, 2.05) is 25.7 Å². The zero-order chi connectivity index (χ0) is 22.8. The van der Waals surface area contributed by atoms with Crippen LogP contribution < -0.4 is 10.2 Å². The molecule has 0 aliphatic carbocycles. The summed E-state index contributed by atoms with van der Waals surface area (Å²) in [6, 6.07) is 2.50. The molecular weight excluding hydrogens is 406 g/mol. The van der Waals surface area contributed by atoms with Crippen molar-refractivity contribution in [3.8, 4) is 0 Å². The van der Waals surface area contributed by atoms with Gasteiger partial charge < -0.3 is 15.0 Å². The van der Waals surface area contributed by atoms with Gasteiger partial charge >= 0.3 is 5.97 Å². The highest BCUT2D eigenvalue weighted by Crippen LogP contribution is 2.37. The molecule has 0 bridgehead atoms. The molecule has 0 amide bonds. The third-order valence-corrected chi connectivity index (χ3v) is 5.56. The van der Waals surface area contributed by atoms with Crippen molar-refractivity contribution in [2.45, 2.75) is 58.0 Å². The molecule has 0 aromatic heterocycles. The number of hydrogen-bond acceptors (Lipinski definition) is 6. The summed E-state index contributed by atoms with van der Waals surface area (Å²) < 4.78 is 35.3. The molecule has 2 aliphatic rings. The number of allylic oxidation sites excluding steroid dienone is 2. The normalized spacial score (nSPS) is 20.0. The first-order valence-electron chi connectivity index (χ1n) is 10.4. The lowest BCUT2D eigenvalue weighted by Gasteiger charge is -2.34. The fourth-order valence-corrected chi connectivity index (χ4v) is 4.05. The number of esters is 1. The molecule has 0 saturated carbocycles. The molecule has 2 heterocycles. The molecule has 0 radical (unpaired) electrons. The molecule has 1 unspecified atom stereocenters. The minimum absolute atomic E-state index is 0.0756.